The van der Waals surface area contributed by atoms with Crippen molar-refractivity contribution >= 4 is 51.9 Å². The van der Waals surface area contributed by atoms with Gasteiger partial charge in [0.15, 0.2) is 5.11 Å². The molecule has 4 rings (SSSR count). The summed E-state index contributed by atoms with van der Waals surface area (Å²) < 4.78 is 13.7. The number of benzene rings is 2. The second kappa shape index (κ2) is 9.88. The largest absolute Gasteiger partial charge is 0.368 e. The summed E-state index contributed by atoms with van der Waals surface area (Å²) in [6.07, 6.45) is 0. The Labute approximate surface area is 194 Å². The van der Waals surface area contributed by atoms with Crippen molar-refractivity contribution in [1.29, 1.82) is 0 Å². The number of carbonyl (C=O) groups excluding carboxylic acids is 2. The van der Waals surface area contributed by atoms with Gasteiger partial charge in [-0.1, -0.05) is 18.2 Å². The van der Waals surface area contributed by atoms with Gasteiger partial charge in [-0.3, -0.25) is 14.9 Å². The molecule has 2 amide bonds. The second-order valence-electron chi connectivity index (χ2n) is 7.19. The van der Waals surface area contributed by atoms with Gasteiger partial charge in [0.25, 0.3) is 11.8 Å². The first kappa shape index (κ1) is 21.9. The van der Waals surface area contributed by atoms with Crippen molar-refractivity contribution in [2.45, 2.75) is 0 Å². The number of anilines is 2. The molecule has 32 heavy (non-hydrogen) atoms. The zero-order chi connectivity index (χ0) is 22.5. The molecule has 2 heterocycles. The van der Waals surface area contributed by atoms with Crippen LogP contribution in [0.2, 0.25) is 0 Å². The lowest BCUT2D eigenvalue weighted by molar-refractivity contribution is 0.0751. The molecule has 0 saturated carbocycles. The van der Waals surface area contributed by atoms with Crippen molar-refractivity contribution < 1.29 is 14.0 Å². The van der Waals surface area contributed by atoms with E-state index in [1.165, 1.54) is 29.5 Å². The Kier molecular flexibility index (Phi) is 6.77. The van der Waals surface area contributed by atoms with E-state index in [4.69, 9.17) is 12.2 Å². The number of nitrogens with one attached hydrogen (secondary N) is 2. The monoisotopic (exact) mass is 468 g/mol. The van der Waals surface area contributed by atoms with Crippen LogP contribution < -0.4 is 15.5 Å². The molecule has 1 fully saturated rings. The van der Waals surface area contributed by atoms with Crippen molar-refractivity contribution in [3.8, 4) is 0 Å². The van der Waals surface area contributed by atoms with Gasteiger partial charge in [0.1, 0.15) is 5.82 Å². The third-order valence-corrected chi connectivity index (χ3v) is 6.20. The fraction of sp³-hybridized carbons (Fsp3) is 0.174. The third-order valence-electron chi connectivity index (χ3n) is 5.13. The number of thiocarbonyl (C=S) groups is 1. The molecule has 3 aromatic rings. The predicted molar refractivity (Wildman–Crippen MR) is 129 cm³/mol. The molecule has 0 spiro atoms. The van der Waals surface area contributed by atoms with E-state index in [-0.39, 0.29) is 16.6 Å². The van der Waals surface area contributed by atoms with Crippen LogP contribution in [-0.2, 0) is 0 Å². The summed E-state index contributed by atoms with van der Waals surface area (Å²) in [6, 6.07) is 17.1. The summed E-state index contributed by atoms with van der Waals surface area (Å²) in [5, 5.41) is 7.42. The van der Waals surface area contributed by atoms with Crippen molar-refractivity contribution in [3.63, 3.8) is 0 Å². The van der Waals surface area contributed by atoms with Crippen LogP contribution in [0.15, 0.2) is 66.0 Å². The van der Waals surface area contributed by atoms with E-state index >= 15 is 0 Å². The zero-order valence-electron chi connectivity index (χ0n) is 17.1. The number of amides is 2. The van der Waals surface area contributed by atoms with Crippen LogP contribution in [0.4, 0.5) is 15.8 Å². The molecular formula is C23H21FN4O2S2. The molecule has 1 saturated heterocycles. The molecule has 2 aromatic carbocycles. The summed E-state index contributed by atoms with van der Waals surface area (Å²) in [4.78, 5) is 29.5. The Morgan fingerprint density at radius 3 is 2.31 bits per heavy atom. The number of nitrogens with zero attached hydrogens (tertiary/aromatic N) is 2. The lowest BCUT2D eigenvalue weighted by Gasteiger charge is -2.36. The number of rotatable bonds is 4. The first-order valence-electron chi connectivity index (χ1n) is 10.1. The molecule has 0 unspecified atom stereocenters. The molecule has 164 valence electrons. The SMILES string of the molecule is O=C(NC(=S)Nc1ccc(N2CCN(C(=O)c3cccs3)CC2)cc1)c1ccccc1F. The van der Waals surface area contributed by atoms with Crippen LogP contribution in [0.5, 0.6) is 0 Å². The van der Waals surface area contributed by atoms with Gasteiger partial charge in [0.05, 0.1) is 10.4 Å². The predicted octanol–water partition coefficient (Wildman–Crippen LogP) is 3.98. The Morgan fingerprint density at radius 1 is 0.938 bits per heavy atom. The smallest absolute Gasteiger partial charge is 0.264 e. The van der Waals surface area contributed by atoms with E-state index in [9.17, 15) is 14.0 Å². The van der Waals surface area contributed by atoms with Gasteiger partial charge in [-0.05, 0) is 60.1 Å². The molecule has 9 heteroatoms. The van der Waals surface area contributed by atoms with Crippen LogP contribution in [0, 0.1) is 5.82 Å². The Morgan fingerprint density at radius 2 is 1.66 bits per heavy atom. The quantitative estimate of drug-likeness (QED) is 0.567. The Hall–Kier alpha value is -3.30. The molecule has 2 N–H and O–H groups in total. The fourth-order valence-electron chi connectivity index (χ4n) is 3.46. The van der Waals surface area contributed by atoms with Gasteiger partial charge in [0, 0.05) is 37.6 Å². The minimum atomic E-state index is -0.604. The van der Waals surface area contributed by atoms with Gasteiger partial charge in [-0.2, -0.15) is 0 Å². The van der Waals surface area contributed by atoms with E-state index < -0.39 is 11.7 Å². The molecule has 6 nitrogen and oxygen atoms in total. The average Bonchev–Trinajstić information content (AvgIpc) is 3.34. The highest BCUT2D eigenvalue weighted by Gasteiger charge is 2.22. The molecule has 1 aliphatic rings. The van der Waals surface area contributed by atoms with E-state index in [0.717, 1.165) is 23.7 Å². The van der Waals surface area contributed by atoms with Gasteiger partial charge in [-0.15, -0.1) is 11.3 Å². The van der Waals surface area contributed by atoms with Gasteiger partial charge in [-0.25, -0.2) is 4.39 Å². The Bertz CT molecular complexity index is 1110. The van der Waals surface area contributed by atoms with Crippen molar-refractivity contribution in [2.75, 3.05) is 36.4 Å². The van der Waals surface area contributed by atoms with E-state index in [1.54, 1.807) is 6.07 Å². The summed E-state index contributed by atoms with van der Waals surface area (Å²) in [6.45, 7) is 2.84. The maximum absolute atomic E-state index is 13.7. The molecule has 1 aromatic heterocycles. The maximum Gasteiger partial charge on any atom is 0.264 e. The maximum atomic E-state index is 13.7. The van der Waals surface area contributed by atoms with Crippen LogP contribution in [0.25, 0.3) is 0 Å². The minimum absolute atomic E-state index is 0.0660. The molecule has 1 aliphatic heterocycles. The van der Waals surface area contributed by atoms with E-state index in [1.807, 2.05) is 46.7 Å². The molecule has 0 radical (unpaired) electrons. The first-order valence-corrected chi connectivity index (χ1v) is 11.3. The van der Waals surface area contributed by atoms with Crippen LogP contribution in [0.1, 0.15) is 20.0 Å². The van der Waals surface area contributed by atoms with Gasteiger partial charge >= 0.3 is 0 Å². The van der Waals surface area contributed by atoms with E-state index in [2.05, 4.69) is 15.5 Å². The lowest BCUT2D eigenvalue weighted by Crippen LogP contribution is -2.48. The molecule has 0 aliphatic carbocycles. The lowest BCUT2D eigenvalue weighted by atomic mass is 10.2. The molecule has 0 atom stereocenters. The second-order valence-corrected chi connectivity index (χ2v) is 8.55. The minimum Gasteiger partial charge on any atom is -0.368 e. The van der Waals surface area contributed by atoms with E-state index in [0.29, 0.717) is 18.8 Å². The number of hydrogen-bond acceptors (Lipinski definition) is 5. The molecule has 0 bridgehead atoms. The zero-order valence-corrected chi connectivity index (χ0v) is 18.7. The van der Waals surface area contributed by atoms with Gasteiger partial charge < -0.3 is 15.1 Å². The first-order chi connectivity index (χ1) is 15.5. The molecular weight excluding hydrogens is 447 g/mol. The number of hydrogen-bond donors (Lipinski definition) is 2. The van der Waals surface area contributed by atoms with Crippen LogP contribution >= 0.6 is 23.6 Å². The number of carbonyl (C=O) groups is 2. The number of piperazine rings is 1. The standard InChI is InChI=1S/C23H21FN4O2S2/c24-19-5-2-1-4-18(19)21(29)26-23(31)25-16-7-9-17(10-8-16)27-11-13-28(14-12-27)22(30)20-6-3-15-32-20/h1-10,15H,11-14H2,(H2,25,26,29,31). The van der Waals surface area contributed by atoms with Crippen LogP contribution in [-0.4, -0.2) is 48.0 Å². The average molecular weight is 469 g/mol. The van der Waals surface area contributed by atoms with Crippen LogP contribution in [0.3, 0.4) is 0 Å². The summed E-state index contributed by atoms with van der Waals surface area (Å²) >= 11 is 6.64. The third kappa shape index (κ3) is 5.12. The Balaban J connectivity index is 1.29. The topological polar surface area (TPSA) is 64.7 Å². The van der Waals surface area contributed by atoms with Crippen molar-refractivity contribution in [2.24, 2.45) is 0 Å². The highest BCUT2D eigenvalue weighted by Crippen LogP contribution is 2.21. The summed E-state index contributed by atoms with van der Waals surface area (Å²) in [5.41, 5.74) is 1.68. The normalized spacial score (nSPS) is 13.5. The van der Waals surface area contributed by atoms with Crippen molar-refractivity contribution in [1.82, 2.24) is 10.2 Å². The highest BCUT2D eigenvalue weighted by atomic mass is 32.1. The summed E-state index contributed by atoms with van der Waals surface area (Å²) in [7, 11) is 0. The van der Waals surface area contributed by atoms with Gasteiger partial charge in [0.2, 0.25) is 0 Å². The highest BCUT2D eigenvalue weighted by molar-refractivity contribution is 7.80. The number of halogens is 1. The summed E-state index contributed by atoms with van der Waals surface area (Å²) in [5.74, 6) is -1.12. The fourth-order valence-corrected chi connectivity index (χ4v) is 4.36. The van der Waals surface area contributed by atoms with Crippen molar-refractivity contribution in [3.05, 3.63) is 82.3 Å². The number of thiophene rings is 1.